The summed E-state index contributed by atoms with van der Waals surface area (Å²) < 4.78 is 0. The molecule has 2 N–H and O–H groups in total. The number of benzene rings is 2. The number of anilines is 2. The minimum Gasteiger partial charge on any atom is -0.397 e. The molecule has 1 aliphatic rings. The van der Waals surface area contributed by atoms with Crippen molar-refractivity contribution in [1.82, 2.24) is 0 Å². The molecule has 2 aromatic carbocycles. The van der Waals surface area contributed by atoms with E-state index in [1.54, 1.807) is 0 Å². The van der Waals surface area contributed by atoms with Crippen molar-refractivity contribution in [1.29, 1.82) is 0 Å². The molecule has 3 rings (SSSR count). The molecule has 0 saturated heterocycles. The second-order valence-electron chi connectivity index (χ2n) is 4.18. The van der Waals surface area contributed by atoms with Crippen molar-refractivity contribution >= 4 is 11.4 Å². The van der Waals surface area contributed by atoms with Gasteiger partial charge >= 0.3 is 0 Å². The van der Waals surface area contributed by atoms with Crippen molar-refractivity contribution in [2.45, 2.75) is 13.1 Å². The predicted octanol–water partition coefficient (Wildman–Crippen LogP) is 2.79. The first-order valence-electron chi connectivity index (χ1n) is 5.51. The highest BCUT2D eigenvalue weighted by Crippen LogP contribution is 2.31. The van der Waals surface area contributed by atoms with Gasteiger partial charge in [-0.05, 0) is 23.3 Å². The standard InChI is InChI=1S/C14H14N2/c15-13-7-3-4-8-14(13)16-9-11-5-1-2-6-12(11)10-16/h1-8H,9-10,15H2. The molecule has 0 spiro atoms. The Labute approximate surface area is 95.3 Å². The Kier molecular flexibility index (Phi) is 2.07. The van der Waals surface area contributed by atoms with Gasteiger partial charge in [0.25, 0.3) is 0 Å². The highest BCUT2D eigenvalue weighted by atomic mass is 15.2. The third-order valence-corrected chi connectivity index (χ3v) is 3.12. The lowest BCUT2D eigenvalue weighted by atomic mass is 10.1. The van der Waals surface area contributed by atoms with Crippen molar-refractivity contribution in [3.63, 3.8) is 0 Å². The molecule has 0 unspecified atom stereocenters. The van der Waals surface area contributed by atoms with Gasteiger partial charge in [-0.25, -0.2) is 0 Å². The summed E-state index contributed by atoms with van der Waals surface area (Å²) in [6, 6.07) is 16.6. The Morgan fingerprint density at radius 2 is 1.38 bits per heavy atom. The SMILES string of the molecule is Nc1ccccc1N1Cc2ccccc2C1. The Hall–Kier alpha value is -1.96. The monoisotopic (exact) mass is 210 g/mol. The van der Waals surface area contributed by atoms with Crippen LogP contribution < -0.4 is 10.6 Å². The van der Waals surface area contributed by atoms with Crippen molar-refractivity contribution in [3.05, 3.63) is 59.7 Å². The van der Waals surface area contributed by atoms with E-state index in [1.165, 1.54) is 11.1 Å². The van der Waals surface area contributed by atoms with Crippen LogP contribution in [0.25, 0.3) is 0 Å². The van der Waals surface area contributed by atoms with Crippen LogP contribution in [0.1, 0.15) is 11.1 Å². The van der Waals surface area contributed by atoms with Crippen molar-refractivity contribution < 1.29 is 0 Å². The van der Waals surface area contributed by atoms with Gasteiger partial charge < -0.3 is 10.6 Å². The van der Waals surface area contributed by atoms with Crippen LogP contribution in [0.4, 0.5) is 11.4 Å². The summed E-state index contributed by atoms with van der Waals surface area (Å²) in [5.41, 5.74) is 10.8. The van der Waals surface area contributed by atoms with Crippen molar-refractivity contribution in [2.75, 3.05) is 10.6 Å². The Morgan fingerprint density at radius 3 is 2.00 bits per heavy atom. The zero-order valence-electron chi connectivity index (χ0n) is 9.06. The molecule has 0 aromatic heterocycles. The number of hydrogen-bond acceptors (Lipinski definition) is 2. The fourth-order valence-corrected chi connectivity index (χ4v) is 2.28. The lowest BCUT2D eigenvalue weighted by Crippen LogP contribution is -2.15. The van der Waals surface area contributed by atoms with E-state index < -0.39 is 0 Å². The van der Waals surface area contributed by atoms with Gasteiger partial charge in [0.2, 0.25) is 0 Å². The largest absolute Gasteiger partial charge is 0.397 e. The highest BCUT2D eigenvalue weighted by molar-refractivity contribution is 5.68. The van der Waals surface area contributed by atoms with Gasteiger partial charge in [-0.1, -0.05) is 36.4 Å². The quantitative estimate of drug-likeness (QED) is 0.733. The first kappa shape index (κ1) is 9.28. The second-order valence-corrected chi connectivity index (χ2v) is 4.18. The van der Waals surface area contributed by atoms with Crippen LogP contribution in [0.5, 0.6) is 0 Å². The molecule has 1 aliphatic heterocycles. The summed E-state index contributed by atoms with van der Waals surface area (Å²) in [4.78, 5) is 2.32. The van der Waals surface area contributed by atoms with E-state index in [9.17, 15) is 0 Å². The van der Waals surface area contributed by atoms with Crippen molar-refractivity contribution in [2.24, 2.45) is 0 Å². The van der Waals surface area contributed by atoms with Gasteiger partial charge in [0.05, 0.1) is 11.4 Å². The number of nitrogen functional groups attached to an aromatic ring is 1. The van der Waals surface area contributed by atoms with Gasteiger partial charge in [0.15, 0.2) is 0 Å². The number of rotatable bonds is 1. The topological polar surface area (TPSA) is 29.3 Å². The maximum Gasteiger partial charge on any atom is 0.0605 e. The first-order valence-corrected chi connectivity index (χ1v) is 5.51. The van der Waals surface area contributed by atoms with Crippen LogP contribution in [0.15, 0.2) is 48.5 Å². The molecule has 16 heavy (non-hydrogen) atoms. The maximum absolute atomic E-state index is 5.99. The molecule has 2 heteroatoms. The third-order valence-electron chi connectivity index (χ3n) is 3.12. The Bertz CT molecular complexity index is 495. The number of nitrogens with zero attached hydrogens (tertiary/aromatic N) is 1. The molecule has 2 aromatic rings. The van der Waals surface area contributed by atoms with Crippen LogP contribution in [-0.2, 0) is 13.1 Å². The number of hydrogen-bond donors (Lipinski definition) is 1. The highest BCUT2D eigenvalue weighted by Gasteiger charge is 2.19. The zero-order chi connectivity index (χ0) is 11.0. The van der Waals surface area contributed by atoms with Gasteiger partial charge in [-0.3, -0.25) is 0 Å². The molecule has 0 saturated carbocycles. The number of para-hydroxylation sites is 2. The minimum absolute atomic E-state index is 0.857. The summed E-state index contributed by atoms with van der Waals surface area (Å²) in [7, 11) is 0. The molecular weight excluding hydrogens is 196 g/mol. The summed E-state index contributed by atoms with van der Waals surface area (Å²) >= 11 is 0. The fraction of sp³-hybridized carbons (Fsp3) is 0.143. The molecule has 1 heterocycles. The maximum atomic E-state index is 5.99. The molecule has 0 radical (unpaired) electrons. The molecule has 0 aliphatic carbocycles. The first-order chi connectivity index (χ1) is 7.84. The lowest BCUT2D eigenvalue weighted by Gasteiger charge is -2.19. The van der Waals surface area contributed by atoms with Crippen LogP contribution in [-0.4, -0.2) is 0 Å². The minimum atomic E-state index is 0.857. The van der Waals surface area contributed by atoms with E-state index in [0.717, 1.165) is 24.5 Å². The Morgan fingerprint density at radius 1 is 0.812 bits per heavy atom. The molecule has 0 bridgehead atoms. The molecule has 0 atom stereocenters. The van der Waals surface area contributed by atoms with Crippen LogP contribution in [0, 0.1) is 0 Å². The van der Waals surface area contributed by atoms with E-state index in [0.29, 0.717) is 0 Å². The normalized spacial score (nSPS) is 13.9. The van der Waals surface area contributed by atoms with Crippen molar-refractivity contribution in [3.8, 4) is 0 Å². The lowest BCUT2D eigenvalue weighted by molar-refractivity contribution is 0.882. The van der Waals surface area contributed by atoms with E-state index >= 15 is 0 Å². The molecular formula is C14H14N2. The van der Waals surface area contributed by atoms with Crippen LogP contribution in [0.2, 0.25) is 0 Å². The summed E-state index contributed by atoms with van der Waals surface area (Å²) in [6.45, 7) is 1.93. The average molecular weight is 210 g/mol. The van der Waals surface area contributed by atoms with E-state index in [2.05, 4.69) is 35.2 Å². The average Bonchev–Trinajstić information content (AvgIpc) is 2.73. The van der Waals surface area contributed by atoms with Crippen LogP contribution in [0.3, 0.4) is 0 Å². The summed E-state index contributed by atoms with van der Waals surface area (Å²) in [5, 5.41) is 0. The predicted molar refractivity (Wildman–Crippen MR) is 67.2 cm³/mol. The van der Waals surface area contributed by atoms with Gasteiger partial charge in [-0.15, -0.1) is 0 Å². The molecule has 2 nitrogen and oxygen atoms in total. The van der Waals surface area contributed by atoms with Gasteiger partial charge in [0.1, 0.15) is 0 Å². The van der Waals surface area contributed by atoms with Gasteiger partial charge in [0, 0.05) is 13.1 Å². The fourth-order valence-electron chi connectivity index (χ4n) is 2.28. The second kappa shape index (κ2) is 3.56. The molecule has 0 fully saturated rings. The van der Waals surface area contributed by atoms with Crippen LogP contribution >= 0.6 is 0 Å². The van der Waals surface area contributed by atoms with E-state index in [-0.39, 0.29) is 0 Å². The number of fused-ring (bicyclic) bond motifs is 1. The molecule has 0 amide bonds. The summed E-state index contributed by atoms with van der Waals surface area (Å²) in [5.74, 6) is 0. The summed E-state index contributed by atoms with van der Waals surface area (Å²) in [6.07, 6.45) is 0. The Balaban J connectivity index is 1.95. The zero-order valence-corrected chi connectivity index (χ0v) is 9.06. The number of nitrogens with two attached hydrogens (primary N) is 1. The van der Waals surface area contributed by atoms with E-state index in [4.69, 9.17) is 5.73 Å². The van der Waals surface area contributed by atoms with Gasteiger partial charge in [-0.2, -0.15) is 0 Å². The molecule has 80 valence electrons. The third kappa shape index (κ3) is 1.43. The van der Waals surface area contributed by atoms with E-state index in [1.807, 2.05) is 18.2 Å². The smallest absolute Gasteiger partial charge is 0.0605 e.